The number of pyridine rings is 1. The third kappa shape index (κ3) is 3.32. The Morgan fingerprint density at radius 1 is 1.26 bits per heavy atom. The summed E-state index contributed by atoms with van der Waals surface area (Å²) in [7, 11) is 0. The molecule has 1 aromatic carbocycles. The van der Waals surface area contributed by atoms with Gasteiger partial charge >= 0.3 is 0 Å². The number of carbonyl (C=O) groups excluding carboxylic acids is 1. The average molecular weight is 383 g/mol. The first-order valence-corrected chi connectivity index (χ1v) is 9.69. The molecule has 1 aliphatic carbocycles. The monoisotopic (exact) mass is 382 g/mol. The van der Waals surface area contributed by atoms with Crippen molar-refractivity contribution in [3.05, 3.63) is 51.8 Å². The van der Waals surface area contributed by atoms with Crippen molar-refractivity contribution >= 4 is 34.2 Å². The number of nitrogens with zero attached hydrogens (tertiary/aromatic N) is 3. The Morgan fingerprint density at radius 3 is 2.63 bits per heavy atom. The van der Waals surface area contributed by atoms with Crippen LogP contribution in [0.15, 0.2) is 24.4 Å². The first kappa shape index (κ1) is 18.0. The first-order chi connectivity index (χ1) is 12.8. The van der Waals surface area contributed by atoms with Crippen LogP contribution in [0.3, 0.4) is 0 Å². The lowest BCUT2D eigenvalue weighted by Crippen LogP contribution is -2.15. The molecule has 1 amide bonds. The summed E-state index contributed by atoms with van der Waals surface area (Å²) >= 11 is 6.38. The maximum Gasteiger partial charge on any atom is 0.256 e. The minimum absolute atomic E-state index is 0.175. The van der Waals surface area contributed by atoms with Crippen LogP contribution < -0.4 is 5.32 Å². The normalized spacial score (nSPS) is 14.1. The minimum atomic E-state index is -0.179. The van der Waals surface area contributed by atoms with E-state index in [0.29, 0.717) is 22.2 Å². The van der Waals surface area contributed by atoms with Crippen LogP contribution in [-0.2, 0) is 0 Å². The predicted molar refractivity (Wildman–Crippen MR) is 109 cm³/mol. The second kappa shape index (κ2) is 6.64. The van der Waals surface area contributed by atoms with Crippen LogP contribution in [0.4, 0.5) is 5.69 Å². The maximum atomic E-state index is 13.2. The highest BCUT2D eigenvalue weighted by Gasteiger charge is 2.28. The fourth-order valence-corrected chi connectivity index (χ4v) is 3.81. The van der Waals surface area contributed by atoms with Gasteiger partial charge in [-0.15, -0.1) is 0 Å². The summed E-state index contributed by atoms with van der Waals surface area (Å²) in [5.41, 5.74) is 5.01. The molecule has 1 fully saturated rings. The van der Waals surface area contributed by atoms with Gasteiger partial charge in [0.15, 0.2) is 5.65 Å². The van der Waals surface area contributed by atoms with E-state index in [0.717, 1.165) is 40.7 Å². The Balaban J connectivity index is 1.80. The van der Waals surface area contributed by atoms with E-state index < -0.39 is 0 Å². The molecule has 5 nitrogen and oxygen atoms in total. The number of carbonyl (C=O) groups is 1. The summed E-state index contributed by atoms with van der Waals surface area (Å²) in [6, 6.07) is 5.96. The molecule has 2 aromatic heterocycles. The molecule has 1 saturated carbocycles. The first-order valence-electron chi connectivity index (χ1n) is 9.31. The Bertz CT molecular complexity index is 1030. The molecule has 0 atom stereocenters. The van der Waals surface area contributed by atoms with E-state index >= 15 is 0 Å². The van der Waals surface area contributed by atoms with E-state index in [-0.39, 0.29) is 11.9 Å². The highest BCUT2D eigenvalue weighted by molar-refractivity contribution is 6.34. The number of hydrogen-bond acceptors (Lipinski definition) is 3. The molecule has 3 aromatic rings. The van der Waals surface area contributed by atoms with Gasteiger partial charge in [0.25, 0.3) is 5.91 Å². The van der Waals surface area contributed by atoms with Crippen LogP contribution >= 0.6 is 11.6 Å². The van der Waals surface area contributed by atoms with Crippen molar-refractivity contribution in [1.29, 1.82) is 0 Å². The number of amides is 1. The number of nitrogens with one attached hydrogen (secondary N) is 1. The lowest BCUT2D eigenvalue weighted by Gasteiger charge is -2.13. The Morgan fingerprint density at radius 2 is 2.00 bits per heavy atom. The zero-order chi connectivity index (χ0) is 19.3. The van der Waals surface area contributed by atoms with Gasteiger partial charge < -0.3 is 5.32 Å². The minimum Gasteiger partial charge on any atom is -0.320 e. The molecule has 0 saturated heterocycles. The van der Waals surface area contributed by atoms with Gasteiger partial charge in [0.05, 0.1) is 27.9 Å². The third-order valence-corrected chi connectivity index (χ3v) is 5.28. The van der Waals surface area contributed by atoms with Crippen LogP contribution in [0.5, 0.6) is 0 Å². The van der Waals surface area contributed by atoms with Gasteiger partial charge in [-0.3, -0.25) is 4.79 Å². The molecule has 1 N–H and O–H groups in total. The lowest BCUT2D eigenvalue weighted by atomic mass is 10.1. The Hall–Kier alpha value is -2.40. The fourth-order valence-electron chi connectivity index (χ4n) is 3.45. The molecule has 6 heteroatoms. The van der Waals surface area contributed by atoms with E-state index in [2.05, 4.69) is 24.3 Å². The van der Waals surface area contributed by atoms with Gasteiger partial charge in [-0.1, -0.05) is 17.7 Å². The predicted octanol–water partition coefficient (Wildman–Crippen LogP) is 5.41. The quantitative estimate of drug-likeness (QED) is 0.656. The molecule has 0 aliphatic heterocycles. The summed E-state index contributed by atoms with van der Waals surface area (Å²) in [4.78, 5) is 18.0. The van der Waals surface area contributed by atoms with Gasteiger partial charge in [-0.25, -0.2) is 9.67 Å². The van der Waals surface area contributed by atoms with Gasteiger partial charge in [-0.2, -0.15) is 5.10 Å². The number of rotatable bonds is 4. The molecule has 27 heavy (non-hydrogen) atoms. The largest absolute Gasteiger partial charge is 0.320 e. The number of aryl methyl sites for hydroxylation is 2. The van der Waals surface area contributed by atoms with Crippen LogP contribution in [0.25, 0.3) is 11.0 Å². The second-order valence-electron chi connectivity index (χ2n) is 7.68. The average Bonchev–Trinajstić information content (AvgIpc) is 3.35. The molecule has 1 aliphatic rings. The van der Waals surface area contributed by atoms with Gasteiger partial charge in [0.2, 0.25) is 0 Å². The van der Waals surface area contributed by atoms with Crippen molar-refractivity contribution in [2.75, 3.05) is 5.32 Å². The Labute approximate surface area is 163 Å². The van der Waals surface area contributed by atoms with Crippen LogP contribution in [-0.4, -0.2) is 20.7 Å². The van der Waals surface area contributed by atoms with Gasteiger partial charge in [-0.05, 0) is 63.8 Å². The summed E-state index contributed by atoms with van der Waals surface area (Å²) in [6.45, 7) is 8.06. The highest BCUT2D eigenvalue weighted by Crippen LogP contribution is 2.40. The van der Waals surface area contributed by atoms with Crippen molar-refractivity contribution < 1.29 is 4.79 Å². The second-order valence-corrected chi connectivity index (χ2v) is 8.09. The number of anilines is 1. The van der Waals surface area contributed by atoms with Crippen LogP contribution in [0.2, 0.25) is 5.02 Å². The Kier molecular flexibility index (Phi) is 4.42. The van der Waals surface area contributed by atoms with Crippen molar-refractivity contribution in [3.63, 3.8) is 0 Å². The lowest BCUT2D eigenvalue weighted by molar-refractivity contribution is 0.102. The van der Waals surface area contributed by atoms with Crippen LogP contribution in [0, 0.1) is 13.8 Å². The molecule has 0 spiro atoms. The van der Waals surface area contributed by atoms with Crippen molar-refractivity contribution in [1.82, 2.24) is 14.8 Å². The zero-order valence-corrected chi connectivity index (χ0v) is 16.8. The molecular formula is C21H23ClN4O. The smallest absolute Gasteiger partial charge is 0.256 e. The van der Waals surface area contributed by atoms with E-state index in [4.69, 9.17) is 16.6 Å². The highest BCUT2D eigenvalue weighted by atomic mass is 35.5. The van der Waals surface area contributed by atoms with E-state index in [1.54, 1.807) is 6.20 Å². The van der Waals surface area contributed by atoms with E-state index in [1.165, 1.54) is 0 Å². The van der Waals surface area contributed by atoms with Gasteiger partial charge in [0.1, 0.15) is 0 Å². The van der Waals surface area contributed by atoms with E-state index in [1.807, 2.05) is 36.7 Å². The van der Waals surface area contributed by atoms with Gasteiger partial charge in [0, 0.05) is 17.7 Å². The summed E-state index contributed by atoms with van der Waals surface area (Å²) in [5, 5.41) is 8.78. The summed E-state index contributed by atoms with van der Waals surface area (Å²) < 4.78 is 1.88. The fraction of sp³-hybridized carbons (Fsp3) is 0.381. The molecular weight excluding hydrogens is 360 g/mol. The molecule has 0 unspecified atom stereocenters. The molecule has 0 radical (unpaired) electrons. The van der Waals surface area contributed by atoms with Crippen molar-refractivity contribution in [3.8, 4) is 0 Å². The standard InChI is InChI=1S/C21H23ClN4O/c1-11(2)26-20-16(10-23-26)15(9-18(24-20)14-5-6-14)21(27)25-19-13(4)7-12(3)8-17(19)22/h7-11,14H,5-6H2,1-4H3,(H,25,27). The topological polar surface area (TPSA) is 59.8 Å². The number of halogens is 1. The van der Waals surface area contributed by atoms with Crippen LogP contribution in [0.1, 0.15) is 65.8 Å². The maximum absolute atomic E-state index is 13.2. The molecule has 140 valence electrons. The molecule has 0 bridgehead atoms. The molecule has 4 rings (SSSR count). The van der Waals surface area contributed by atoms with E-state index in [9.17, 15) is 4.79 Å². The van der Waals surface area contributed by atoms with Crippen molar-refractivity contribution in [2.24, 2.45) is 0 Å². The summed E-state index contributed by atoms with van der Waals surface area (Å²) in [5.74, 6) is 0.266. The number of benzene rings is 1. The SMILES string of the molecule is Cc1cc(C)c(NC(=O)c2cc(C3CC3)nc3c2cnn3C(C)C)c(Cl)c1. The molecule has 2 heterocycles. The number of hydrogen-bond donors (Lipinski definition) is 1. The number of aromatic nitrogens is 3. The summed E-state index contributed by atoms with van der Waals surface area (Å²) in [6.07, 6.45) is 3.98. The number of fused-ring (bicyclic) bond motifs is 1. The third-order valence-electron chi connectivity index (χ3n) is 4.99. The van der Waals surface area contributed by atoms with Crippen molar-refractivity contribution in [2.45, 2.75) is 52.5 Å². The zero-order valence-electron chi connectivity index (χ0n) is 16.0.